The van der Waals surface area contributed by atoms with Crippen LogP contribution in [0.15, 0.2) is 23.1 Å². The number of carbonyl (C=O) groups is 1. The zero-order chi connectivity index (χ0) is 24.3. The Balaban J connectivity index is 1.65. The largest absolute Gasteiger partial charge is 0.393 e. The SMILES string of the molecule is CC1(C)Cc2c(c3c(n2-c2ccc(C(N)=O)c(N[C@H]4CC[C@H](O)CC4)c2)CCCC3)S(=O)(=O)C1. The highest BCUT2D eigenvalue weighted by molar-refractivity contribution is 7.91. The molecular weight excluding hydrogens is 450 g/mol. The number of rotatable bonds is 4. The first kappa shape index (κ1) is 23.4. The summed E-state index contributed by atoms with van der Waals surface area (Å²) < 4.78 is 29.0. The molecule has 1 fully saturated rings. The summed E-state index contributed by atoms with van der Waals surface area (Å²) in [6.45, 7) is 4.04. The summed E-state index contributed by atoms with van der Waals surface area (Å²) >= 11 is 0. The van der Waals surface area contributed by atoms with E-state index >= 15 is 0 Å². The van der Waals surface area contributed by atoms with Crippen molar-refractivity contribution in [3.8, 4) is 5.69 Å². The zero-order valence-electron chi connectivity index (χ0n) is 20.1. The van der Waals surface area contributed by atoms with Crippen LogP contribution in [0.3, 0.4) is 0 Å². The van der Waals surface area contributed by atoms with Crippen molar-refractivity contribution >= 4 is 21.4 Å². The number of nitrogens with zero attached hydrogens (tertiary/aromatic N) is 1. The first-order valence-electron chi connectivity index (χ1n) is 12.4. The highest BCUT2D eigenvalue weighted by atomic mass is 32.2. The van der Waals surface area contributed by atoms with Gasteiger partial charge in [0.1, 0.15) is 0 Å². The third-order valence-electron chi connectivity index (χ3n) is 7.64. The molecule has 1 aliphatic heterocycles. The lowest BCUT2D eigenvalue weighted by Gasteiger charge is -2.31. The topological polar surface area (TPSA) is 114 Å². The molecule has 2 aliphatic carbocycles. The molecule has 0 atom stereocenters. The van der Waals surface area contributed by atoms with E-state index in [9.17, 15) is 18.3 Å². The fourth-order valence-corrected chi connectivity index (χ4v) is 8.59. The van der Waals surface area contributed by atoms with E-state index in [0.717, 1.165) is 74.0 Å². The van der Waals surface area contributed by atoms with Crippen LogP contribution < -0.4 is 11.1 Å². The standard InChI is InChI=1S/C26H35N3O4S/c1-26(2)14-23-24(34(32,33)15-26)20-5-3-4-6-22(20)29(23)17-9-12-19(25(27)31)21(13-17)28-16-7-10-18(30)11-8-16/h9,12-13,16,18,28,30H,3-8,10-11,14-15H2,1-2H3,(H2,27,31)/t16-,18-. The van der Waals surface area contributed by atoms with E-state index in [2.05, 4.69) is 9.88 Å². The van der Waals surface area contributed by atoms with Crippen LogP contribution in [-0.4, -0.2) is 41.9 Å². The van der Waals surface area contributed by atoms with Crippen molar-refractivity contribution in [2.75, 3.05) is 11.1 Å². The molecule has 8 heteroatoms. The molecule has 2 aromatic rings. The Hall–Kier alpha value is -2.32. The predicted octanol–water partition coefficient (Wildman–Crippen LogP) is 3.53. The molecule has 1 saturated carbocycles. The van der Waals surface area contributed by atoms with Crippen LogP contribution in [0.1, 0.15) is 79.7 Å². The number of nitrogens with one attached hydrogen (secondary N) is 1. The molecule has 0 bridgehead atoms. The zero-order valence-corrected chi connectivity index (χ0v) is 20.9. The minimum atomic E-state index is -3.37. The van der Waals surface area contributed by atoms with E-state index in [1.807, 2.05) is 26.0 Å². The molecule has 3 aliphatic rings. The van der Waals surface area contributed by atoms with Crippen LogP contribution in [-0.2, 0) is 29.1 Å². The van der Waals surface area contributed by atoms with E-state index < -0.39 is 15.7 Å². The number of primary amides is 1. The fraction of sp³-hybridized carbons (Fsp3) is 0.577. The molecule has 1 aromatic heterocycles. The maximum atomic E-state index is 13.4. The Morgan fingerprint density at radius 2 is 1.82 bits per heavy atom. The van der Waals surface area contributed by atoms with Gasteiger partial charge in [-0.25, -0.2) is 8.42 Å². The van der Waals surface area contributed by atoms with Crippen molar-refractivity contribution in [2.24, 2.45) is 11.1 Å². The molecule has 4 N–H and O–H groups in total. The molecule has 0 saturated heterocycles. The molecule has 2 heterocycles. The summed E-state index contributed by atoms with van der Waals surface area (Å²) in [6, 6.07) is 5.75. The number of aliphatic hydroxyl groups excluding tert-OH is 1. The monoisotopic (exact) mass is 485 g/mol. The average Bonchev–Trinajstić information content (AvgIpc) is 3.08. The molecule has 5 rings (SSSR count). The normalized spacial score (nSPS) is 25.3. The summed E-state index contributed by atoms with van der Waals surface area (Å²) in [5.74, 6) is -0.324. The number of aliphatic hydroxyl groups is 1. The van der Waals surface area contributed by atoms with Gasteiger partial charge in [-0.05, 0) is 87.0 Å². The van der Waals surface area contributed by atoms with Crippen LogP contribution in [0.2, 0.25) is 0 Å². The summed E-state index contributed by atoms with van der Waals surface area (Å²) in [7, 11) is -3.37. The molecule has 1 amide bonds. The Morgan fingerprint density at radius 3 is 2.53 bits per heavy atom. The number of nitrogens with two attached hydrogens (primary N) is 1. The lowest BCUT2D eigenvalue weighted by Crippen LogP contribution is -2.33. The van der Waals surface area contributed by atoms with Crippen molar-refractivity contribution in [3.05, 3.63) is 40.7 Å². The Labute approximate surface area is 201 Å². The smallest absolute Gasteiger partial charge is 0.250 e. The van der Waals surface area contributed by atoms with Gasteiger partial charge in [0.2, 0.25) is 0 Å². The van der Waals surface area contributed by atoms with E-state index in [-0.39, 0.29) is 23.3 Å². The first-order valence-corrected chi connectivity index (χ1v) is 14.1. The number of hydrogen-bond donors (Lipinski definition) is 3. The van der Waals surface area contributed by atoms with Crippen LogP contribution in [0.5, 0.6) is 0 Å². The average molecular weight is 486 g/mol. The predicted molar refractivity (Wildman–Crippen MR) is 132 cm³/mol. The van der Waals surface area contributed by atoms with Gasteiger partial charge in [-0.15, -0.1) is 0 Å². The number of hydrogen-bond acceptors (Lipinski definition) is 5. The van der Waals surface area contributed by atoms with Crippen molar-refractivity contribution in [1.29, 1.82) is 0 Å². The van der Waals surface area contributed by atoms with Gasteiger partial charge in [-0.3, -0.25) is 4.79 Å². The molecular formula is C26H35N3O4S. The Kier molecular flexibility index (Phi) is 5.80. The van der Waals surface area contributed by atoms with Gasteiger partial charge < -0.3 is 20.7 Å². The van der Waals surface area contributed by atoms with E-state index in [0.29, 0.717) is 22.6 Å². The number of sulfone groups is 1. The molecule has 184 valence electrons. The maximum Gasteiger partial charge on any atom is 0.250 e. The minimum absolute atomic E-state index is 0.156. The molecule has 7 nitrogen and oxygen atoms in total. The second kappa shape index (κ2) is 8.41. The lowest BCUT2D eigenvalue weighted by atomic mass is 9.89. The van der Waals surface area contributed by atoms with Crippen molar-refractivity contribution in [1.82, 2.24) is 4.57 Å². The number of amides is 1. The number of benzene rings is 1. The second-order valence-corrected chi connectivity index (χ2v) is 13.0. The van der Waals surface area contributed by atoms with Gasteiger partial charge >= 0.3 is 0 Å². The van der Waals surface area contributed by atoms with E-state index in [1.54, 1.807) is 6.07 Å². The highest BCUT2D eigenvalue weighted by Crippen LogP contribution is 2.44. The Morgan fingerprint density at radius 1 is 1.12 bits per heavy atom. The van der Waals surface area contributed by atoms with Gasteiger partial charge in [-0.2, -0.15) is 0 Å². The summed E-state index contributed by atoms with van der Waals surface area (Å²) in [4.78, 5) is 12.8. The van der Waals surface area contributed by atoms with Crippen molar-refractivity contribution < 1.29 is 18.3 Å². The van der Waals surface area contributed by atoms with Crippen molar-refractivity contribution in [3.63, 3.8) is 0 Å². The summed E-state index contributed by atoms with van der Waals surface area (Å²) in [6.07, 6.45) is 7.21. The van der Waals surface area contributed by atoms with Gasteiger partial charge in [0, 0.05) is 28.8 Å². The first-order chi connectivity index (χ1) is 16.1. The molecule has 34 heavy (non-hydrogen) atoms. The number of carbonyl (C=O) groups excluding carboxylic acids is 1. The number of aromatic nitrogens is 1. The fourth-order valence-electron chi connectivity index (χ4n) is 6.19. The third kappa shape index (κ3) is 4.15. The minimum Gasteiger partial charge on any atom is -0.393 e. The van der Waals surface area contributed by atoms with Gasteiger partial charge in [0.05, 0.1) is 22.3 Å². The summed E-state index contributed by atoms with van der Waals surface area (Å²) in [5, 5.41) is 13.4. The third-order valence-corrected chi connectivity index (χ3v) is 9.90. The van der Waals surface area contributed by atoms with Gasteiger partial charge in [0.15, 0.2) is 9.84 Å². The lowest BCUT2D eigenvalue weighted by molar-refractivity contribution is 0.100. The number of anilines is 1. The summed E-state index contributed by atoms with van der Waals surface area (Å²) in [5.41, 5.74) is 10.3. The second-order valence-electron chi connectivity index (χ2n) is 11.1. The van der Waals surface area contributed by atoms with Gasteiger partial charge in [0.25, 0.3) is 5.91 Å². The Bertz CT molecular complexity index is 1240. The molecule has 1 aromatic carbocycles. The maximum absolute atomic E-state index is 13.4. The van der Waals surface area contributed by atoms with E-state index in [4.69, 9.17) is 5.73 Å². The molecule has 0 spiro atoms. The highest BCUT2D eigenvalue weighted by Gasteiger charge is 2.42. The van der Waals surface area contributed by atoms with E-state index in [1.165, 1.54) is 0 Å². The van der Waals surface area contributed by atoms with Crippen LogP contribution in [0, 0.1) is 5.41 Å². The number of fused-ring (bicyclic) bond motifs is 3. The van der Waals surface area contributed by atoms with Crippen LogP contribution >= 0.6 is 0 Å². The van der Waals surface area contributed by atoms with Crippen LogP contribution in [0.4, 0.5) is 5.69 Å². The van der Waals surface area contributed by atoms with Crippen molar-refractivity contribution in [2.45, 2.75) is 88.7 Å². The van der Waals surface area contributed by atoms with Gasteiger partial charge in [-0.1, -0.05) is 13.8 Å². The molecule has 0 radical (unpaired) electrons. The molecule has 0 unspecified atom stereocenters. The van der Waals surface area contributed by atoms with Crippen LogP contribution in [0.25, 0.3) is 5.69 Å². The quantitative estimate of drug-likeness (QED) is 0.613.